The predicted molar refractivity (Wildman–Crippen MR) is 111 cm³/mol. The van der Waals surface area contributed by atoms with Crippen LogP contribution in [0.1, 0.15) is 22.0 Å². The summed E-state index contributed by atoms with van der Waals surface area (Å²) in [6.07, 6.45) is 0. The standard InChI is InChI=1S/C23H20N2O4/c1-28-18-14-13-17-19(21(18)29-2)23(27)25(16-11-7-4-8-12-16)20(17)22(26)24-15-9-5-3-6-10-15/h3-14,20H,1-2H3,(H,24,26)/t20-/m0/s1. The highest BCUT2D eigenvalue weighted by Gasteiger charge is 2.44. The largest absolute Gasteiger partial charge is 0.493 e. The number of anilines is 2. The van der Waals surface area contributed by atoms with Gasteiger partial charge in [0.1, 0.15) is 6.04 Å². The Morgan fingerprint density at radius 3 is 2.17 bits per heavy atom. The van der Waals surface area contributed by atoms with Crippen molar-refractivity contribution in [1.82, 2.24) is 0 Å². The first-order chi connectivity index (χ1) is 14.2. The van der Waals surface area contributed by atoms with Crippen molar-refractivity contribution < 1.29 is 19.1 Å². The highest BCUT2D eigenvalue weighted by atomic mass is 16.5. The Morgan fingerprint density at radius 2 is 1.55 bits per heavy atom. The van der Waals surface area contributed by atoms with Gasteiger partial charge in [-0.3, -0.25) is 14.5 Å². The van der Waals surface area contributed by atoms with E-state index in [0.29, 0.717) is 34.0 Å². The smallest absolute Gasteiger partial charge is 0.263 e. The summed E-state index contributed by atoms with van der Waals surface area (Å²) in [6, 6.07) is 20.9. The molecule has 6 heteroatoms. The third kappa shape index (κ3) is 3.18. The third-order valence-corrected chi connectivity index (χ3v) is 4.89. The highest BCUT2D eigenvalue weighted by molar-refractivity contribution is 6.19. The first-order valence-electron chi connectivity index (χ1n) is 9.15. The van der Waals surface area contributed by atoms with Crippen molar-refractivity contribution in [3.05, 3.63) is 83.9 Å². The molecular formula is C23H20N2O4. The number of hydrogen-bond acceptors (Lipinski definition) is 4. The minimum absolute atomic E-state index is 0.306. The van der Waals surface area contributed by atoms with E-state index in [1.54, 1.807) is 36.4 Å². The maximum absolute atomic E-state index is 13.4. The lowest BCUT2D eigenvalue weighted by molar-refractivity contribution is -0.117. The summed E-state index contributed by atoms with van der Waals surface area (Å²) in [5.41, 5.74) is 2.20. The molecule has 6 nitrogen and oxygen atoms in total. The molecule has 0 fully saturated rings. The van der Waals surface area contributed by atoms with Crippen molar-refractivity contribution in [3.8, 4) is 11.5 Å². The van der Waals surface area contributed by atoms with Gasteiger partial charge in [0.2, 0.25) is 0 Å². The van der Waals surface area contributed by atoms with E-state index in [0.717, 1.165) is 0 Å². The van der Waals surface area contributed by atoms with Gasteiger partial charge in [-0.1, -0.05) is 42.5 Å². The van der Waals surface area contributed by atoms with Crippen LogP contribution in [0.4, 0.5) is 11.4 Å². The average Bonchev–Trinajstić information content (AvgIpc) is 3.07. The summed E-state index contributed by atoms with van der Waals surface area (Å²) in [5, 5.41) is 2.91. The summed E-state index contributed by atoms with van der Waals surface area (Å²) in [4.78, 5) is 28.2. The molecule has 1 atom stereocenters. The van der Waals surface area contributed by atoms with Crippen LogP contribution in [0.15, 0.2) is 72.8 Å². The van der Waals surface area contributed by atoms with E-state index >= 15 is 0 Å². The van der Waals surface area contributed by atoms with Gasteiger partial charge < -0.3 is 14.8 Å². The molecule has 1 aliphatic heterocycles. The molecule has 146 valence electrons. The van der Waals surface area contributed by atoms with Gasteiger partial charge in [0.15, 0.2) is 11.5 Å². The van der Waals surface area contributed by atoms with Crippen LogP contribution in [0.2, 0.25) is 0 Å². The second kappa shape index (κ2) is 7.67. The van der Waals surface area contributed by atoms with Crippen LogP contribution in [0.3, 0.4) is 0 Å². The van der Waals surface area contributed by atoms with Crippen molar-refractivity contribution in [2.24, 2.45) is 0 Å². The monoisotopic (exact) mass is 388 g/mol. The zero-order valence-corrected chi connectivity index (χ0v) is 16.1. The summed E-state index contributed by atoms with van der Waals surface area (Å²) < 4.78 is 10.8. The normalized spacial score (nSPS) is 15.0. The van der Waals surface area contributed by atoms with E-state index in [2.05, 4.69) is 5.32 Å². The first-order valence-corrected chi connectivity index (χ1v) is 9.15. The van der Waals surface area contributed by atoms with E-state index in [9.17, 15) is 9.59 Å². The summed E-state index contributed by atoms with van der Waals surface area (Å²) in [5.74, 6) is 0.150. The number of fused-ring (bicyclic) bond motifs is 1. The van der Waals surface area contributed by atoms with Gasteiger partial charge >= 0.3 is 0 Å². The lowest BCUT2D eigenvalue weighted by Gasteiger charge is -2.24. The van der Waals surface area contributed by atoms with Crippen LogP contribution in [-0.2, 0) is 4.79 Å². The fourth-order valence-electron chi connectivity index (χ4n) is 3.61. The number of carbonyl (C=O) groups excluding carboxylic acids is 2. The number of amides is 2. The molecule has 0 unspecified atom stereocenters. The van der Waals surface area contributed by atoms with Gasteiger partial charge in [0, 0.05) is 16.9 Å². The number of hydrogen-bond donors (Lipinski definition) is 1. The molecule has 0 saturated carbocycles. The molecule has 4 rings (SSSR count). The molecule has 0 aliphatic carbocycles. The molecular weight excluding hydrogens is 368 g/mol. The van der Waals surface area contributed by atoms with E-state index in [4.69, 9.17) is 9.47 Å². The first kappa shape index (κ1) is 18.6. The number of nitrogens with zero attached hydrogens (tertiary/aromatic N) is 1. The maximum Gasteiger partial charge on any atom is 0.263 e. The molecule has 29 heavy (non-hydrogen) atoms. The van der Waals surface area contributed by atoms with E-state index in [1.165, 1.54) is 19.1 Å². The molecule has 3 aromatic rings. The summed E-state index contributed by atoms with van der Waals surface area (Å²) >= 11 is 0. The fraction of sp³-hybridized carbons (Fsp3) is 0.130. The maximum atomic E-state index is 13.4. The van der Waals surface area contributed by atoms with Gasteiger partial charge in [-0.15, -0.1) is 0 Å². The van der Waals surface area contributed by atoms with Crippen molar-refractivity contribution in [1.29, 1.82) is 0 Å². The molecule has 1 N–H and O–H groups in total. The van der Waals surface area contributed by atoms with Crippen LogP contribution in [0.25, 0.3) is 0 Å². The van der Waals surface area contributed by atoms with Gasteiger partial charge in [0.05, 0.1) is 19.8 Å². The number of rotatable bonds is 5. The lowest BCUT2D eigenvalue weighted by Crippen LogP contribution is -2.35. The molecule has 1 heterocycles. The summed E-state index contributed by atoms with van der Waals surface area (Å²) in [7, 11) is 2.99. The van der Waals surface area contributed by atoms with Gasteiger partial charge in [-0.25, -0.2) is 0 Å². The Kier molecular flexibility index (Phi) is 4.91. The molecule has 0 saturated heterocycles. The van der Waals surface area contributed by atoms with Crippen LogP contribution in [-0.4, -0.2) is 26.0 Å². The average molecular weight is 388 g/mol. The molecule has 1 aliphatic rings. The Hall–Kier alpha value is -3.80. The van der Waals surface area contributed by atoms with E-state index in [1.807, 2.05) is 36.4 Å². The number of para-hydroxylation sites is 2. The number of benzene rings is 3. The zero-order valence-electron chi connectivity index (χ0n) is 16.1. The van der Waals surface area contributed by atoms with Crippen LogP contribution >= 0.6 is 0 Å². The van der Waals surface area contributed by atoms with Gasteiger partial charge in [0.25, 0.3) is 11.8 Å². The molecule has 0 aromatic heterocycles. The number of carbonyl (C=O) groups is 2. The number of nitrogens with one attached hydrogen (secondary N) is 1. The minimum atomic E-state index is -0.833. The minimum Gasteiger partial charge on any atom is -0.493 e. The Bertz CT molecular complexity index is 1050. The highest BCUT2D eigenvalue weighted by Crippen LogP contribution is 2.45. The van der Waals surface area contributed by atoms with Crippen LogP contribution in [0, 0.1) is 0 Å². The Morgan fingerprint density at radius 1 is 0.897 bits per heavy atom. The Balaban J connectivity index is 1.84. The van der Waals surface area contributed by atoms with E-state index < -0.39 is 6.04 Å². The topological polar surface area (TPSA) is 67.9 Å². The molecule has 2 amide bonds. The second-order valence-corrected chi connectivity index (χ2v) is 6.53. The Labute approximate surface area is 168 Å². The van der Waals surface area contributed by atoms with Crippen LogP contribution < -0.4 is 19.7 Å². The van der Waals surface area contributed by atoms with Gasteiger partial charge in [-0.2, -0.15) is 0 Å². The molecule has 3 aromatic carbocycles. The SMILES string of the molecule is COc1ccc2c(c1OC)C(=O)N(c1ccccc1)[C@@H]2C(=O)Nc1ccccc1. The molecule has 0 spiro atoms. The lowest BCUT2D eigenvalue weighted by atomic mass is 10.0. The van der Waals surface area contributed by atoms with E-state index in [-0.39, 0.29) is 11.8 Å². The number of ether oxygens (including phenoxy) is 2. The van der Waals surface area contributed by atoms with Crippen LogP contribution in [0.5, 0.6) is 11.5 Å². The molecule has 0 bridgehead atoms. The third-order valence-electron chi connectivity index (χ3n) is 4.89. The summed E-state index contributed by atoms with van der Waals surface area (Å²) in [6.45, 7) is 0. The molecule has 0 radical (unpaired) electrons. The van der Waals surface area contributed by atoms with Crippen molar-refractivity contribution in [2.75, 3.05) is 24.4 Å². The predicted octanol–water partition coefficient (Wildman–Crippen LogP) is 4.04. The van der Waals surface area contributed by atoms with Gasteiger partial charge in [-0.05, 0) is 30.3 Å². The zero-order chi connectivity index (χ0) is 20.4. The van der Waals surface area contributed by atoms with Crippen molar-refractivity contribution in [3.63, 3.8) is 0 Å². The fourth-order valence-corrected chi connectivity index (χ4v) is 3.61. The second-order valence-electron chi connectivity index (χ2n) is 6.53. The van der Waals surface area contributed by atoms with Crippen molar-refractivity contribution in [2.45, 2.75) is 6.04 Å². The quantitative estimate of drug-likeness (QED) is 0.716. The van der Waals surface area contributed by atoms with Crippen molar-refractivity contribution >= 4 is 23.2 Å². The number of methoxy groups -OCH3 is 2.